The summed E-state index contributed by atoms with van der Waals surface area (Å²) in [5.74, 6) is -1.62. The molecule has 2 saturated carbocycles. The van der Waals surface area contributed by atoms with E-state index in [4.69, 9.17) is 4.74 Å². The first-order valence-corrected chi connectivity index (χ1v) is 12.8. The van der Waals surface area contributed by atoms with Gasteiger partial charge in [-0.2, -0.15) is 0 Å². The summed E-state index contributed by atoms with van der Waals surface area (Å²) < 4.78 is 6.36. The smallest absolute Gasteiger partial charge is 0.246 e. The van der Waals surface area contributed by atoms with Gasteiger partial charge in [0.05, 0.1) is 24.5 Å². The topological polar surface area (TPSA) is 87.7 Å². The normalized spacial score (nSPS) is 35.9. The van der Waals surface area contributed by atoms with E-state index >= 15 is 0 Å². The van der Waals surface area contributed by atoms with E-state index in [0.29, 0.717) is 6.54 Å². The molecular formula is C24H29N3O4S. The van der Waals surface area contributed by atoms with Gasteiger partial charge in [-0.25, -0.2) is 0 Å². The van der Waals surface area contributed by atoms with Crippen molar-refractivity contribution in [3.05, 3.63) is 34.5 Å². The van der Waals surface area contributed by atoms with E-state index in [1.807, 2.05) is 29.7 Å². The number of nitrogens with zero attached hydrogens (tertiary/aromatic N) is 1. The number of nitrogens with one attached hydrogen (secondary N) is 2. The maximum absolute atomic E-state index is 13.7. The fourth-order valence-corrected chi connectivity index (χ4v) is 6.83. The molecule has 5 aliphatic rings. The number of hydrogen-bond donors (Lipinski definition) is 2. The summed E-state index contributed by atoms with van der Waals surface area (Å²) in [6, 6.07) is 3.48. The third kappa shape index (κ3) is 3.14. The highest BCUT2D eigenvalue weighted by Crippen LogP contribution is 2.57. The van der Waals surface area contributed by atoms with E-state index in [9.17, 15) is 14.4 Å². The van der Waals surface area contributed by atoms with Crippen LogP contribution in [0.2, 0.25) is 0 Å². The van der Waals surface area contributed by atoms with E-state index in [0.717, 1.165) is 43.4 Å². The second-order valence-electron chi connectivity index (χ2n) is 9.82. The zero-order valence-electron chi connectivity index (χ0n) is 18.0. The van der Waals surface area contributed by atoms with Crippen LogP contribution >= 0.6 is 11.3 Å². The molecule has 170 valence electrons. The maximum Gasteiger partial charge on any atom is 0.246 e. The monoisotopic (exact) mass is 455 g/mol. The van der Waals surface area contributed by atoms with Crippen LogP contribution in [0.5, 0.6) is 0 Å². The zero-order valence-corrected chi connectivity index (χ0v) is 18.8. The van der Waals surface area contributed by atoms with Crippen LogP contribution in [0.1, 0.15) is 49.8 Å². The molecule has 0 radical (unpaired) electrons. The Kier molecular flexibility index (Phi) is 4.91. The van der Waals surface area contributed by atoms with Gasteiger partial charge in [-0.05, 0) is 37.1 Å². The maximum atomic E-state index is 13.7. The van der Waals surface area contributed by atoms with Crippen molar-refractivity contribution < 1.29 is 19.1 Å². The van der Waals surface area contributed by atoms with Crippen molar-refractivity contribution in [2.24, 2.45) is 11.8 Å². The van der Waals surface area contributed by atoms with Crippen LogP contribution in [0.3, 0.4) is 0 Å². The molecule has 1 aromatic rings. The van der Waals surface area contributed by atoms with Crippen LogP contribution < -0.4 is 10.6 Å². The molecule has 1 spiro atoms. The Balaban J connectivity index is 1.26. The summed E-state index contributed by atoms with van der Waals surface area (Å²) in [4.78, 5) is 43.3. The molecule has 2 aliphatic carbocycles. The summed E-state index contributed by atoms with van der Waals surface area (Å²) in [6.07, 6.45) is 10.6. The van der Waals surface area contributed by atoms with E-state index in [2.05, 4.69) is 10.6 Å². The summed E-state index contributed by atoms with van der Waals surface area (Å²) in [7, 11) is 0. The SMILES string of the molecule is O=C(NCc1cccs1)[C@@H]1[C@H]2C=C[C@]3(O2)[C@H](C(=O)NC2CCCCC2)N(C2CC2)C(=O)[C@@H]13. The van der Waals surface area contributed by atoms with Gasteiger partial charge >= 0.3 is 0 Å². The molecule has 8 heteroatoms. The second kappa shape index (κ2) is 7.70. The van der Waals surface area contributed by atoms with Crippen LogP contribution in [0.25, 0.3) is 0 Å². The van der Waals surface area contributed by atoms with Gasteiger partial charge in [-0.1, -0.05) is 37.5 Å². The van der Waals surface area contributed by atoms with Crippen LogP contribution in [0.15, 0.2) is 29.7 Å². The molecule has 2 saturated heterocycles. The second-order valence-corrected chi connectivity index (χ2v) is 10.9. The number of carbonyl (C=O) groups is 3. The lowest BCUT2D eigenvalue weighted by molar-refractivity contribution is -0.142. The van der Waals surface area contributed by atoms with Crippen molar-refractivity contribution in [1.82, 2.24) is 15.5 Å². The summed E-state index contributed by atoms with van der Waals surface area (Å²) >= 11 is 1.59. The van der Waals surface area contributed by atoms with Crippen LogP contribution in [0.4, 0.5) is 0 Å². The van der Waals surface area contributed by atoms with Gasteiger partial charge in [-0.3, -0.25) is 14.4 Å². The first-order chi connectivity index (χ1) is 15.6. The third-order valence-electron chi connectivity index (χ3n) is 7.77. The molecule has 6 rings (SSSR count). The van der Waals surface area contributed by atoms with Gasteiger partial charge in [0.2, 0.25) is 17.7 Å². The Labute approximate surface area is 191 Å². The molecule has 4 heterocycles. The number of thiophene rings is 1. The third-order valence-corrected chi connectivity index (χ3v) is 8.65. The number of hydrogen-bond acceptors (Lipinski definition) is 5. The molecule has 3 aliphatic heterocycles. The molecule has 1 aromatic heterocycles. The highest BCUT2D eigenvalue weighted by molar-refractivity contribution is 7.09. The van der Waals surface area contributed by atoms with Gasteiger partial charge in [0.1, 0.15) is 11.6 Å². The van der Waals surface area contributed by atoms with Crippen LogP contribution in [-0.2, 0) is 25.7 Å². The molecule has 7 nitrogen and oxygen atoms in total. The average molecular weight is 456 g/mol. The standard InChI is InChI=1S/C24H29N3O4S/c28-21(25-13-16-7-4-12-32-16)18-17-10-11-24(31-17)19(18)23(30)27(15-8-9-15)20(24)22(29)26-14-5-2-1-3-6-14/h4,7,10-12,14-15,17-20H,1-3,5-6,8-9,13H2,(H,25,28)(H,26,29)/t17-,18-,19-,20+,24-/m1/s1. The van der Waals surface area contributed by atoms with Gasteiger partial charge in [0.25, 0.3) is 0 Å². The first-order valence-electron chi connectivity index (χ1n) is 11.9. The fourth-order valence-electron chi connectivity index (χ4n) is 6.18. The lowest BCUT2D eigenvalue weighted by atomic mass is 9.74. The summed E-state index contributed by atoms with van der Waals surface area (Å²) in [5, 5.41) is 8.20. The van der Waals surface area contributed by atoms with E-state index in [1.165, 1.54) is 6.42 Å². The Bertz CT molecular complexity index is 952. The number of fused-ring (bicyclic) bond motifs is 1. The Hall–Kier alpha value is -2.19. The van der Waals surface area contributed by atoms with E-state index < -0.39 is 29.6 Å². The van der Waals surface area contributed by atoms with Gasteiger partial charge in [0, 0.05) is 17.0 Å². The number of likely N-dealkylation sites (tertiary alicyclic amines) is 1. The van der Waals surface area contributed by atoms with Gasteiger partial charge < -0.3 is 20.3 Å². The average Bonchev–Trinajstić information content (AvgIpc) is 3.15. The minimum absolute atomic E-state index is 0.0791. The fraction of sp³-hybridized carbons (Fsp3) is 0.625. The molecule has 32 heavy (non-hydrogen) atoms. The predicted octanol–water partition coefficient (Wildman–Crippen LogP) is 2.13. The molecule has 5 atom stereocenters. The molecule has 2 N–H and O–H groups in total. The van der Waals surface area contributed by atoms with Crippen LogP contribution in [0, 0.1) is 11.8 Å². The number of ether oxygens (including phenoxy) is 1. The Morgan fingerprint density at radius 3 is 2.69 bits per heavy atom. The number of carbonyl (C=O) groups excluding carboxylic acids is 3. The molecule has 3 amide bonds. The molecular weight excluding hydrogens is 426 g/mol. The molecule has 2 bridgehead atoms. The molecule has 4 fully saturated rings. The minimum Gasteiger partial charge on any atom is -0.359 e. The minimum atomic E-state index is -1.03. The van der Waals surface area contributed by atoms with Gasteiger partial charge in [0.15, 0.2) is 0 Å². The van der Waals surface area contributed by atoms with Crippen molar-refractivity contribution in [3.8, 4) is 0 Å². The highest BCUT2D eigenvalue weighted by Gasteiger charge is 2.74. The Morgan fingerprint density at radius 2 is 1.97 bits per heavy atom. The van der Waals surface area contributed by atoms with Crippen molar-refractivity contribution in [1.29, 1.82) is 0 Å². The van der Waals surface area contributed by atoms with E-state index in [1.54, 1.807) is 16.2 Å². The largest absolute Gasteiger partial charge is 0.359 e. The quantitative estimate of drug-likeness (QED) is 0.644. The first kappa shape index (κ1) is 20.4. The summed E-state index contributed by atoms with van der Waals surface area (Å²) in [5.41, 5.74) is -1.03. The zero-order chi connectivity index (χ0) is 21.9. The number of amides is 3. The predicted molar refractivity (Wildman–Crippen MR) is 119 cm³/mol. The highest BCUT2D eigenvalue weighted by atomic mass is 32.1. The van der Waals surface area contributed by atoms with Crippen molar-refractivity contribution in [2.45, 2.75) is 81.3 Å². The van der Waals surface area contributed by atoms with Gasteiger partial charge in [-0.15, -0.1) is 11.3 Å². The lowest BCUT2D eigenvalue weighted by Gasteiger charge is -2.34. The lowest BCUT2D eigenvalue weighted by Crippen LogP contribution is -2.57. The van der Waals surface area contributed by atoms with E-state index in [-0.39, 0.29) is 29.8 Å². The Morgan fingerprint density at radius 1 is 1.16 bits per heavy atom. The summed E-state index contributed by atoms with van der Waals surface area (Å²) in [6.45, 7) is 0.440. The number of rotatable bonds is 6. The van der Waals surface area contributed by atoms with Crippen molar-refractivity contribution in [2.75, 3.05) is 0 Å². The molecule has 0 aromatic carbocycles. The van der Waals surface area contributed by atoms with Crippen molar-refractivity contribution in [3.63, 3.8) is 0 Å². The molecule has 0 unspecified atom stereocenters. The van der Waals surface area contributed by atoms with Crippen LogP contribution in [-0.4, -0.2) is 52.5 Å². The van der Waals surface area contributed by atoms with Crippen molar-refractivity contribution >= 4 is 29.1 Å².